The van der Waals surface area contributed by atoms with Crippen molar-refractivity contribution in [2.45, 2.75) is 102 Å². The number of benzene rings is 1. The Morgan fingerprint density at radius 3 is 2.40 bits per heavy atom. The van der Waals surface area contributed by atoms with E-state index in [0.29, 0.717) is 43.1 Å². The summed E-state index contributed by atoms with van der Waals surface area (Å²) in [5.41, 5.74) is 2.44. The van der Waals surface area contributed by atoms with Crippen molar-refractivity contribution < 1.29 is 13.2 Å². The third-order valence-electron chi connectivity index (χ3n) is 9.80. The van der Waals surface area contributed by atoms with Crippen molar-refractivity contribution in [1.82, 2.24) is 19.5 Å². The average molecular weight is 595 g/mol. The van der Waals surface area contributed by atoms with Gasteiger partial charge in [-0.1, -0.05) is 56.5 Å². The molecule has 2 saturated carbocycles. The molecule has 2 aromatic heterocycles. The van der Waals surface area contributed by atoms with Crippen molar-refractivity contribution in [3.63, 3.8) is 0 Å². The maximum atomic E-state index is 13.4. The Bertz CT molecular complexity index is 1480. The molecule has 2 aliphatic carbocycles. The van der Waals surface area contributed by atoms with Gasteiger partial charge in [0.2, 0.25) is 15.8 Å². The minimum Gasteiger partial charge on any atom is -0.377 e. The lowest BCUT2D eigenvalue weighted by molar-refractivity contribution is 0.0927. The van der Waals surface area contributed by atoms with Gasteiger partial charge in [-0.05, 0) is 69.8 Å². The zero-order valence-electron chi connectivity index (χ0n) is 25.5. The summed E-state index contributed by atoms with van der Waals surface area (Å²) in [6.45, 7) is 10.6. The van der Waals surface area contributed by atoms with Gasteiger partial charge in [0.25, 0.3) is 5.16 Å². The highest BCUT2D eigenvalue weighted by molar-refractivity contribution is 7.91. The molecule has 3 heterocycles. The second kappa shape index (κ2) is 12.1. The summed E-state index contributed by atoms with van der Waals surface area (Å²) < 4.78 is 35.0. The van der Waals surface area contributed by atoms with Gasteiger partial charge in [-0.15, -0.1) is 0 Å². The summed E-state index contributed by atoms with van der Waals surface area (Å²) in [5.74, 6) is 3.25. The number of hydrogen-bond acceptors (Lipinski definition) is 8. The molecule has 3 aromatic rings. The maximum Gasteiger partial charge on any atom is 0.251 e. The molecular weight excluding hydrogens is 548 g/mol. The second-order valence-electron chi connectivity index (χ2n) is 13.1. The Morgan fingerprint density at radius 1 is 1.00 bits per heavy atom. The van der Waals surface area contributed by atoms with Gasteiger partial charge in [0.05, 0.1) is 24.5 Å². The van der Waals surface area contributed by atoms with E-state index >= 15 is 0 Å². The molecule has 42 heavy (non-hydrogen) atoms. The Morgan fingerprint density at radius 2 is 1.74 bits per heavy atom. The lowest BCUT2D eigenvalue weighted by atomic mass is 9.80. The van der Waals surface area contributed by atoms with Gasteiger partial charge in [-0.3, -0.25) is 0 Å². The largest absolute Gasteiger partial charge is 0.377 e. The van der Waals surface area contributed by atoms with E-state index in [9.17, 15) is 8.42 Å². The molecule has 1 N–H and O–H groups in total. The number of hydrogen-bond donors (Lipinski definition) is 1. The van der Waals surface area contributed by atoms with Crippen LogP contribution in [0.1, 0.15) is 84.2 Å². The zero-order chi connectivity index (χ0) is 29.4. The lowest BCUT2D eigenvalue weighted by Gasteiger charge is -2.37. The summed E-state index contributed by atoms with van der Waals surface area (Å²) in [5, 5.41) is 2.90. The highest BCUT2D eigenvalue weighted by atomic mass is 32.2. The number of nitrogens with one attached hydrogen (secondary N) is 1. The van der Waals surface area contributed by atoms with E-state index in [1.54, 1.807) is 13.8 Å². The van der Waals surface area contributed by atoms with Crippen molar-refractivity contribution in [2.24, 2.45) is 17.8 Å². The first-order valence-corrected chi connectivity index (χ1v) is 17.4. The second-order valence-corrected chi connectivity index (χ2v) is 15.5. The van der Waals surface area contributed by atoms with E-state index in [-0.39, 0.29) is 17.2 Å². The van der Waals surface area contributed by atoms with E-state index in [4.69, 9.17) is 14.7 Å². The van der Waals surface area contributed by atoms with Crippen molar-refractivity contribution >= 4 is 32.8 Å². The van der Waals surface area contributed by atoms with Crippen LogP contribution in [0.15, 0.2) is 35.5 Å². The first-order valence-electron chi connectivity index (χ1n) is 15.9. The number of rotatable bonds is 9. The van der Waals surface area contributed by atoms with Crippen LogP contribution in [0.5, 0.6) is 0 Å². The van der Waals surface area contributed by atoms with Crippen LogP contribution in [0, 0.1) is 17.8 Å². The minimum absolute atomic E-state index is 0.000902. The predicted octanol–water partition coefficient (Wildman–Crippen LogP) is 6.01. The quantitative estimate of drug-likeness (QED) is 0.301. The number of ether oxygens (including phenoxy) is 1. The number of nitrogens with zero attached hydrogens (tertiary/aromatic N) is 5. The monoisotopic (exact) mass is 594 g/mol. The summed E-state index contributed by atoms with van der Waals surface area (Å²) >= 11 is 0. The molecule has 0 radical (unpaired) electrons. The van der Waals surface area contributed by atoms with Crippen molar-refractivity contribution in [1.29, 1.82) is 0 Å². The normalized spacial score (nSPS) is 24.6. The smallest absolute Gasteiger partial charge is 0.251 e. The topological polar surface area (TPSA) is 102 Å². The molecule has 1 saturated heterocycles. The van der Waals surface area contributed by atoms with Crippen molar-refractivity contribution in [3.05, 3.63) is 35.9 Å². The third kappa shape index (κ3) is 5.76. The standard InChI is InChI=1S/C32H46N6O3S/c1-21(2)42(39,40)31-34-29(33-23(4)25-11-8-12-25)28-30(35-31)36-32(38(28)19-24-15-13-22(3)14-16-24)37-17-18-41-20-27(37)26-9-6-5-7-10-26/h5-7,9-10,21-25,27H,8,11-20H2,1-4H3,(H,33,34,35)/t22-,23-,24-,27+/m1/s1. The van der Waals surface area contributed by atoms with E-state index in [1.165, 1.54) is 50.5 Å². The van der Waals surface area contributed by atoms with Gasteiger partial charge >= 0.3 is 0 Å². The SMILES string of the molecule is CC(C)S(=O)(=O)c1nc(N[C@H](C)C2CCC2)c2c(n1)nc(N1CCOC[C@H]1c1ccccc1)n2C[C@H]1CC[C@H](C)CC1. The van der Waals surface area contributed by atoms with E-state index in [2.05, 4.69) is 57.9 Å². The van der Waals surface area contributed by atoms with Gasteiger partial charge in [0.15, 0.2) is 11.5 Å². The van der Waals surface area contributed by atoms with Crippen LogP contribution < -0.4 is 10.2 Å². The van der Waals surface area contributed by atoms with Gasteiger partial charge in [0, 0.05) is 19.1 Å². The minimum atomic E-state index is -3.70. The maximum absolute atomic E-state index is 13.4. The molecule has 10 heteroatoms. The van der Waals surface area contributed by atoms with Crippen LogP contribution in [0.3, 0.4) is 0 Å². The van der Waals surface area contributed by atoms with Crippen LogP contribution >= 0.6 is 0 Å². The molecule has 0 unspecified atom stereocenters. The fourth-order valence-electron chi connectivity index (χ4n) is 6.67. The number of fused-ring (bicyclic) bond motifs is 1. The molecule has 1 aromatic carbocycles. The number of morpholine rings is 1. The van der Waals surface area contributed by atoms with Crippen LogP contribution in [0.25, 0.3) is 11.2 Å². The fourth-order valence-corrected chi connectivity index (χ4v) is 7.53. The van der Waals surface area contributed by atoms with Crippen molar-refractivity contribution in [3.8, 4) is 0 Å². The van der Waals surface area contributed by atoms with Gasteiger partial charge < -0.3 is 19.5 Å². The van der Waals surface area contributed by atoms with Gasteiger partial charge in [-0.25, -0.2) is 8.42 Å². The number of sulfone groups is 1. The number of imidazole rings is 1. The number of anilines is 2. The fraction of sp³-hybridized carbons (Fsp3) is 0.656. The molecule has 2 atom stereocenters. The summed E-state index contributed by atoms with van der Waals surface area (Å²) in [6.07, 6.45) is 8.40. The first-order chi connectivity index (χ1) is 20.2. The Labute approximate surface area is 250 Å². The Balaban J connectivity index is 1.52. The van der Waals surface area contributed by atoms with E-state index in [1.807, 2.05) is 6.07 Å². The van der Waals surface area contributed by atoms with Gasteiger partial charge in [0.1, 0.15) is 5.52 Å². The highest BCUT2D eigenvalue weighted by Gasteiger charge is 2.34. The molecule has 9 nitrogen and oxygen atoms in total. The number of aromatic nitrogens is 4. The van der Waals surface area contributed by atoms with Crippen LogP contribution in [-0.2, 0) is 21.1 Å². The first kappa shape index (κ1) is 29.4. The van der Waals surface area contributed by atoms with Crippen LogP contribution in [-0.4, -0.2) is 59.0 Å². The summed E-state index contributed by atoms with van der Waals surface area (Å²) in [7, 11) is -3.70. The molecule has 0 amide bonds. The molecule has 0 bridgehead atoms. The molecule has 228 valence electrons. The average Bonchev–Trinajstić information content (AvgIpc) is 3.32. The molecule has 3 fully saturated rings. The van der Waals surface area contributed by atoms with Crippen LogP contribution in [0.4, 0.5) is 11.8 Å². The molecule has 6 rings (SSSR count). The lowest BCUT2D eigenvalue weighted by Crippen LogP contribution is -2.41. The Hall–Kier alpha value is -2.72. The van der Waals surface area contributed by atoms with E-state index in [0.717, 1.165) is 23.9 Å². The van der Waals surface area contributed by atoms with Crippen molar-refractivity contribution in [2.75, 3.05) is 30.0 Å². The molecule has 0 spiro atoms. The summed E-state index contributed by atoms with van der Waals surface area (Å²) in [4.78, 5) is 16.9. The molecular formula is C32H46N6O3S. The molecule has 3 aliphatic rings. The molecule has 1 aliphatic heterocycles. The van der Waals surface area contributed by atoms with Gasteiger partial charge in [-0.2, -0.15) is 15.0 Å². The van der Waals surface area contributed by atoms with Crippen LogP contribution in [0.2, 0.25) is 0 Å². The highest BCUT2D eigenvalue weighted by Crippen LogP contribution is 2.38. The van der Waals surface area contributed by atoms with E-state index < -0.39 is 15.1 Å². The zero-order valence-corrected chi connectivity index (χ0v) is 26.3. The summed E-state index contributed by atoms with van der Waals surface area (Å²) in [6, 6.07) is 10.6. The predicted molar refractivity (Wildman–Crippen MR) is 167 cm³/mol. The Kier molecular flexibility index (Phi) is 8.46. The third-order valence-corrected chi connectivity index (χ3v) is 11.7.